The van der Waals surface area contributed by atoms with Crippen molar-refractivity contribution in [1.29, 1.82) is 0 Å². The molecule has 0 aliphatic carbocycles. The minimum atomic E-state index is -4.95. The van der Waals surface area contributed by atoms with Crippen molar-refractivity contribution in [1.82, 2.24) is 0 Å². The van der Waals surface area contributed by atoms with Gasteiger partial charge in [-0.25, -0.2) is 9.13 Å². The van der Waals surface area contributed by atoms with E-state index in [1.807, 2.05) is 0 Å². The quantitative estimate of drug-likeness (QED) is 0.0222. The van der Waals surface area contributed by atoms with Crippen LogP contribution in [0, 0.1) is 17.8 Å². The van der Waals surface area contributed by atoms with Crippen LogP contribution < -0.4 is 0 Å². The third-order valence-corrected chi connectivity index (χ3v) is 17.4. The lowest BCUT2D eigenvalue weighted by atomic mass is 10.00. The van der Waals surface area contributed by atoms with Gasteiger partial charge in [0, 0.05) is 25.7 Å². The van der Waals surface area contributed by atoms with Gasteiger partial charge in [-0.05, 0) is 43.4 Å². The van der Waals surface area contributed by atoms with Crippen LogP contribution in [0.1, 0.15) is 325 Å². The highest BCUT2D eigenvalue weighted by Crippen LogP contribution is 2.45. The molecule has 0 rings (SSSR count). The molecule has 0 aliphatic heterocycles. The minimum Gasteiger partial charge on any atom is -0.462 e. The molecule has 0 bridgehead atoms. The second-order valence-electron chi connectivity index (χ2n) is 25.1. The van der Waals surface area contributed by atoms with Gasteiger partial charge in [-0.1, -0.05) is 273 Å². The molecule has 0 aromatic rings. The van der Waals surface area contributed by atoms with Crippen LogP contribution in [-0.2, 0) is 65.4 Å². The Labute approximate surface area is 517 Å². The molecule has 17 nitrogen and oxygen atoms in total. The van der Waals surface area contributed by atoms with Crippen LogP contribution in [-0.4, -0.2) is 96.7 Å². The number of phosphoric acid groups is 2. The lowest BCUT2D eigenvalue weighted by Gasteiger charge is -2.21. The summed E-state index contributed by atoms with van der Waals surface area (Å²) < 4.78 is 67.9. The van der Waals surface area contributed by atoms with Crippen LogP contribution in [0.4, 0.5) is 0 Å². The summed E-state index contributed by atoms with van der Waals surface area (Å²) in [7, 11) is -9.88. The molecule has 0 amide bonds. The standard InChI is InChI=1S/C66H128O17P2/c1-8-10-11-30-40-47-63(68)76-53-61(83-66(71)50-43-36-29-28-33-39-46-59(7)9-2)55-80-84(72,73)78-51-60(67)52-79-85(74,75)81-56-62(54-77-64(69)48-41-34-26-22-19-15-17-21-25-32-38-45-58(5)6)82-65(70)49-42-35-27-23-18-14-12-13-16-20-24-31-37-44-57(3)4/h57-62,67H,8-56H2,1-7H3,(H,72,73)(H,74,75)/t59?,60-,61+,62+/m0/s1. The molecule has 0 saturated carbocycles. The lowest BCUT2D eigenvalue weighted by Crippen LogP contribution is -2.30. The topological polar surface area (TPSA) is 237 Å². The summed E-state index contributed by atoms with van der Waals surface area (Å²) in [6.07, 6.45) is 39.3. The number of unbranched alkanes of at least 4 members (excludes halogenated alkanes) is 31. The molecule has 0 spiro atoms. The Kier molecular flexibility index (Phi) is 55.9. The summed E-state index contributed by atoms with van der Waals surface area (Å²) >= 11 is 0. The summed E-state index contributed by atoms with van der Waals surface area (Å²) in [6, 6.07) is 0. The Hall–Kier alpha value is -1.94. The van der Waals surface area contributed by atoms with Gasteiger partial charge in [0.1, 0.15) is 19.3 Å². The molecule has 0 aromatic carbocycles. The second-order valence-corrected chi connectivity index (χ2v) is 28.0. The van der Waals surface area contributed by atoms with Crippen molar-refractivity contribution in [3.8, 4) is 0 Å². The van der Waals surface area contributed by atoms with Crippen LogP contribution in [0.25, 0.3) is 0 Å². The van der Waals surface area contributed by atoms with Gasteiger partial charge < -0.3 is 33.8 Å². The van der Waals surface area contributed by atoms with Gasteiger partial charge in [0.2, 0.25) is 0 Å². The van der Waals surface area contributed by atoms with Gasteiger partial charge in [0.25, 0.3) is 0 Å². The maximum atomic E-state index is 13.0. The third kappa shape index (κ3) is 59.5. The molecular formula is C66H128O17P2. The average Bonchev–Trinajstić information content (AvgIpc) is 3.47. The van der Waals surface area contributed by atoms with Gasteiger partial charge in [-0.2, -0.15) is 0 Å². The molecule has 0 radical (unpaired) electrons. The van der Waals surface area contributed by atoms with Crippen molar-refractivity contribution in [3.05, 3.63) is 0 Å². The normalized spacial score (nSPS) is 14.6. The molecule has 3 unspecified atom stereocenters. The number of carbonyl (C=O) groups is 4. The number of esters is 4. The van der Waals surface area contributed by atoms with E-state index in [0.717, 1.165) is 114 Å². The third-order valence-electron chi connectivity index (χ3n) is 15.5. The van der Waals surface area contributed by atoms with Crippen LogP contribution in [0.2, 0.25) is 0 Å². The molecule has 0 aliphatic rings. The first-order chi connectivity index (χ1) is 40.8. The fraction of sp³-hybridized carbons (Fsp3) is 0.939. The Balaban J connectivity index is 5.18. The van der Waals surface area contributed by atoms with E-state index >= 15 is 0 Å². The van der Waals surface area contributed by atoms with Gasteiger partial charge in [-0.15, -0.1) is 0 Å². The van der Waals surface area contributed by atoms with E-state index in [1.165, 1.54) is 128 Å². The second kappa shape index (κ2) is 57.2. The Morgan fingerprint density at radius 3 is 0.894 bits per heavy atom. The smallest absolute Gasteiger partial charge is 0.462 e. The number of hydrogen-bond donors (Lipinski definition) is 3. The maximum absolute atomic E-state index is 13.0. The van der Waals surface area contributed by atoms with E-state index in [-0.39, 0.29) is 25.7 Å². The van der Waals surface area contributed by atoms with Crippen molar-refractivity contribution < 1.29 is 80.2 Å². The highest BCUT2D eigenvalue weighted by molar-refractivity contribution is 7.47. The van der Waals surface area contributed by atoms with Crippen LogP contribution in [0.15, 0.2) is 0 Å². The van der Waals surface area contributed by atoms with Crippen molar-refractivity contribution in [2.75, 3.05) is 39.6 Å². The van der Waals surface area contributed by atoms with Crippen LogP contribution >= 0.6 is 15.6 Å². The van der Waals surface area contributed by atoms with E-state index in [1.54, 1.807) is 0 Å². The van der Waals surface area contributed by atoms with Gasteiger partial charge in [0.15, 0.2) is 12.2 Å². The highest BCUT2D eigenvalue weighted by atomic mass is 31.2. The molecule has 6 atom stereocenters. The highest BCUT2D eigenvalue weighted by Gasteiger charge is 2.30. The van der Waals surface area contributed by atoms with E-state index in [2.05, 4.69) is 48.5 Å². The Morgan fingerprint density at radius 1 is 0.341 bits per heavy atom. The zero-order valence-corrected chi connectivity index (χ0v) is 56.9. The van der Waals surface area contributed by atoms with Crippen LogP contribution in [0.5, 0.6) is 0 Å². The number of ether oxygens (including phenoxy) is 4. The van der Waals surface area contributed by atoms with E-state index in [4.69, 9.17) is 37.0 Å². The first kappa shape index (κ1) is 83.1. The van der Waals surface area contributed by atoms with Gasteiger partial charge >= 0.3 is 39.5 Å². The van der Waals surface area contributed by atoms with Gasteiger partial charge in [0.05, 0.1) is 26.4 Å². The summed E-state index contributed by atoms with van der Waals surface area (Å²) in [5, 5.41) is 10.5. The molecule has 19 heteroatoms. The molecule has 0 heterocycles. The van der Waals surface area contributed by atoms with E-state index < -0.39 is 97.5 Å². The molecule has 0 saturated heterocycles. The van der Waals surface area contributed by atoms with E-state index in [0.29, 0.717) is 25.7 Å². The number of hydrogen-bond acceptors (Lipinski definition) is 15. The average molecular weight is 1260 g/mol. The monoisotopic (exact) mass is 1250 g/mol. The zero-order chi connectivity index (χ0) is 63.1. The summed E-state index contributed by atoms with van der Waals surface area (Å²) in [5.41, 5.74) is 0. The van der Waals surface area contributed by atoms with Gasteiger partial charge in [-0.3, -0.25) is 37.3 Å². The first-order valence-electron chi connectivity index (χ1n) is 34.4. The summed E-state index contributed by atoms with van der Waals surface area (Å²) in [5.74, 6) is 0.133. The number of aliphatic hydroxyl groups excluding tert-OH is 1. The Bertz CT molecular complexity index is 1680. The number of aliphatic hydroxyl groups is 1. The zero-order valence-electron chi connectivity index (χ0n) is 55.1. The number of carbonyl (C=O) groups excluding carboxylic acids is 4. The van der Waals surface area contributed by atoms with Crippen molar-refractivity contribution in [3.63, 3.8) is 0 Å². The fourth-order valence-electron chi connectivity index (χ4n) is 9.80. The predicted octanol–water partition coefficient (Wildman–Crippen LogP) is 18.3. The maximum Gasteiger partial charge on any atom is 0.472 e. The SMILES string of the molecule is CCCCCCCC(=O)OC[C@H](COP(=O)(O)OC[C@H](O)COP(=O)(O)OC[C@@H](COC(=O)CCCCCCCCCCCCCC(C)C)OC(=O)CCCCCCCCCCCCCCCC(C)C)OC(=O)CCCCCCCCC(C)CC. The molecule has 0 fully saturated rings. The Morgan fingerprint density at radius 2 is 0.600 bits per heavy atom. The van der Waals surface area contributed by atoms with Crippen molar-refractivity contribution >= 4 is 39.5 Å². The predicted molar refractivity (Wildman–Crippen MR) is 340 cm³/mol. The van der Waals surface area contributed by atoms with Crippen LogP contribution in [0.3, 0.4) is 0 Å². The molecule has 504 valence electrons. The number of phosphoric ester groups is 2. The molecule has 0 aromatic heterocycles. The first-order valence-corrected chi connectivity index (χ1v) is 37.4. The van der Waals surface area contributed by atoms with E-state index in [9.17, 15) is 43.2 Å². The largest absolute Gasteiger partial charge is 0.472 e. The molecule has 3 N–H and O–H groups in total. The van der Waals surface area contributed by atoms with Crippen molar-refractivity contribution in [2.24, 2.45) is 17.8 Å². The number of rotatable bonds is 64. The summed E-state index contributed by atoms with van der Waals surface area (Å²) in [4.78, 5) is 72.1. The fourth-order valence-corrected chi connectivity index (χ4v) is 11.4. The summed E-state index contributed by atoms with van der Waals surface area (Å²) in [6.45, 7) is 11.7. The van der Waals surface area contributed by atoms with Crippen molar-refractivity contribution in [2.45, 2.75) is 343 Å². The lowest BCUT2D eigenvalue weighted by molar-refractivity contribution is -0.161. The molecular weight excluding hydrogens is 1130 g/mol. The molecule has 85 heavy (non-hydrogen) atoms. The minimum absolute atomic E-state index is 0.102.